The van der Waals surface area contributed by atoms with Gasteiger partial charge in [0.05, 0.1) is 6.04 Å². The van der Waals surface area contributed by atoms with Gasteiger partial charge in [0.1, 0.15) is 0 Å². The van der Waals surface area contributed by atoms with Gasteiger partial charge in [-0.2, -0.15) is 0 Å². The van der Waals surface area contributed by atoms with Crippen LogP contribution in [0.5, 0.6) is 0 Å². The van der Waals surface area contributed by atoms with Crippen molar-refractivity contribution in [3.05, 3.63) is 0 Å². The third kappa shape index (κ3) is 19.7. The van der Waals surface area contributed by atoms with E-state index in [1.807, 2.05) is 0 Å². The first-order valence-electron chi connectivity index (χ1n) is 14.5. The van der Waals surface area contributed by atoms with Crippen molar-refractivity contribution in [3.8, 4) is 0 Å². The third-order valence-electron chi connectivity index (χ3n) is 5.67. The zero-order chi connectivity index (χ0) is 26.3. The zero-order valence-corrected chi connectivity index (χ0v) is 28.0. The standard InChI is InChI=1S/C27H63NO3Si3/c1-11-12-13-14-15-16-17-18-19-20-21-22-23-24-25-26(28)27(29-32(2,3)4,30-33(5,6)7)31-34(8,9)10/h26H,11-25,28H2,1-10H3. The molecule has 0 fully saturated rings. The smallest absolute Gasteiger partial charge is 0.270 e. The van der Waals surface area contributed by atoms with E-state index in [1.54, 1.807) is 0 Å². The normalized spacial score (nSPS) is 14.6. The summed E-state index contributed by atoms with van der Waals surface area (Å²) in [7, 11) is -5.79. The summed E-state index contributed by atoms with van der Waals surface area (Å²) in [6.45, 7) is 22.1. The highest BCUT2D eigenvalue weighted by molar-refractivity contribution is 6.72. The summed E-state index contributed by atoms with van der Waals surface area (Å²) in [6, 6.07) is -0.255. The Morgan fingerprint density at radius 2 is 0.765 bits per heavy atom. The molecule has 0 aliphatic rings. The Bertz CT molecular complexity index is 458. The molecule has 1 atom stereocenters. The maximum absolute atomic E-state index is 6.81. The van der Waals surface area contributed by atoms with Crippen LogP contribution in [0.25, 0.3) is 0 Å². The molecule has 0 aromatic carbocycles. The lowest BCUT2D eigenvalue weighted by Gasteiger charge is -2.48. The van der Waals surface area contributed by atoms with Crippen molar-refractivity contribution in [2.75, 3.05) is 0 Å². The van der Waals surface area contributed by atoms with Gasteiger partial charge in [0.2, 0.25) is 0 Å². The molecule has 0 aromatic heterocycles. The van der Waals surface area contributed by atoms with Gasteiger partial charge in [0.25, 0.3) is 5.97 Å². The van der Waals surface area contributed by atoms with Crippen LogP contribution in [-0.2, 0) is 13.3 Å². The van der Waals surface area contributed by atoms with Gasteiger partial charge in [0, 0.05) is 0 Å². The van der Waals surface area contributed by atoms with Crippen LogP contribution in [0.15, 0.2) is 0 Å². The van der Waals surface area contributed by atoms with Crippen LogP contribution < -0.4 is 5.73 Å². The summed E-state index contributed by atoms with van der Waals surface area (Å²) in [5.41, 5.74) is 6.81. The molecule has 2 N–H and O–H groups in total. The first kappa shape index (κ1) is 34.5. The van der Waals surface area contributed by atoms with Gasteiger partial charge in [0.15, 0.2) is 25.0 Å². The van der Waals surface area contributed by atoms with E-state index in [0.717, 1.165) is 12.8 Å². The Kier molecular flexibility index (Phi) is 17.3. The van der Waals surface area contributed by atoms with E-state index in [1.165, 1.54) is 83.5 Å². The maximum atomic E-state index is 6.81. The zero-order valence-electron chi connectivity index (χ0n) is 25.0. The second kappa shape index (κ2) is 17.1. The molecule has 206 valence electrons. The number of hydrogen-bond donors (Lipinski definition) is 1. The van der Waals surface area contributed by atoms with Gasteiger partial charge in [-0.3, -0.25) is 0 Å². The van der Waals surface area contributed by atoms with Crippen molar-refractivity contribution in [1.82, 2.24) is 0 Å². The fourth-order valence-electron chi connectivity index (χ4n) is 4.31. The van der Waals surface area contributed by atoms with Crippen LogP contribution >= 0.6 is 0 Å². The molecule has 7 heteroatoms. The fraction of sp³-hybridized carbons (Fsp3) is 1.00. The van der Waals surface area contributed by atoms with E-state index in [4.69, 9.17) is 19.0 Å². The lowest BCUT2D eigenvalue weighted by molar-refractivity contribution is -0.283. The molecular weight excluding hydrogens is 471 g/mol. The number of rotatable bonds is 22. The van der Waals surface area contributed by atoms with Gasteiger partial charge in [-0.25, -0.2) is 0 Å². The predicted molar refractivity (Wildman–Crippen MR) is 159 cm³/mol. The molecule has 0 aromatic rings. The Morgan fingerprint density at radius 1 is 0.500 bits per heavy atom. The molecular formula is C27H63NO3Si3. The molecule has 0 radical (unpaired) electrons. The Labute approximate surface area is 217 Å². The Hall–Kier alpha value is 0.491. The molecule has 0 bridgehead atoms. The van der Waals surface area contributed by atoms with Crippen LogP contribution in [0, 0.1) is 0 Å². The van der Waals surface area contributed by atoms with Crippen molar-refractivity contribution >= 4 is 25.0 Å². The first-order valence-corrected chi connectivity index (χ1v) is 24.7. The molecule has 1 unspecified atom stereocenters. The number of hydrogen-bond acceptors (Lipinski definition) is 4. The minimum absolute atomic E-state index is 0.255. The van der Waals surface area contributed by atoms with Crippen molar-refractivity contribution in [2.24, 2.45) is 5.73 Å². The van der Waals surface area contributed by atoms with Crippen LogP contribution in [0.1, 0.15) is 103 Å². The molecule has 34 heavy (non-hydrogen) atoms. The molecule has 0 aliphatic carbocycles. The van der Waals surface area contributed by atoms with Crippen LogP contribution in [0.3, 0.4) is 0 Å². The van der Waals surface area contributed by atoms with Gasteiger partial charge in [-0.15, -0.1) is 0 Å². The van der Waals surface area contributed by atoms with Crippen LogP contribution in [0.4, 0.5) is 0 Å². The van der Waals surface area contributed by atoms with E-state index in [9.17, 15) is 0 Å². The van der Waals surface area contributed by atoms with Gasteiger partial charge in [-0.1, -0.05) is 96.8 Å². The summed E-state index contributed by atoms with van der Waals surface area (Å²) in [5.74, 6) is -1.09. The monoisotopic (exact) mass is 533 g/mol. The molecule has 0 spiro atoms. The minimum Gasteiger partial charge on any atom is -0.370 e. The summed E-state index contributed by atoms with van der Waals surface area (Å²) < 4.78 is 19.9. The first-order chi connectivity index (χ1) is 15.6. The summed E-state index contributed by atoms with van der Waals surface area (Å²) in [6.07, 6.45) is 20.0. The fourth-order valence-corrected chi connectivity index (χ4v) is 7.82. The third-order valence-corrected chi connectivity index (χ3v) is 8.36. The van der Waals surface area contributed by atoms with E-state index < -0.39 is 30.9 Å². The number of nitrogens with two attached hydrogens (primary N) is 1. The highest BCUT2D eigenvalue weighted by atomic mass is 28.4. The molecule has 4 nitrogen and oxygen atoms in total. The van der Waals surface area contributed by atoms with Crippen molar-refractivity contribution in [2.45, 2.75) is 174 Å². The van der Waals surface area contributed by atoms with E-state index >= 15 is 0 Å². The summed E-state index contributed by atoms with van der Waals surface area (Å²) in [5, 5.41) is 0. The average molecular weight is 534 g/mol. The SMILES string of the molecule is CCCCCCCCCCCCCCCCC(N)C(O[Si](C)(C)C)(O[Si](C)(C)C)O[Si](C)(C)C. The molecule has 0 heterocycles. The largest absolute Gasteiger partial charge is 0.370 e. The van der Waals surface area contributed by atoms with E-state index in [2.05, 4.69) is 65.8 Å². The topological polar surface area (TPSA) is 53.7 Å². The van der Waals surface area contributed by atoms with Crippen LogP contribution in [-0.4, -0.2) is 37.0 Å². The average Bonchev–Trinajstić information content (AvgIpc) is 2.63. The minimum atomic E-state index is -1.93. The highest BCUT2D eigenvalue weighted by Crippen LogP contribution is 2.33. The number of unbranched alkanes of at least 4 members (excludes halogenated alkanes) is 13. The summed E-state index contributed by atoms with van der Waals surface area (Å²) in [4.78, 5) is 0. The lowest BCUT2D eigenvalue weighted by Crippen LogP contribution is -2.64. The Balaban J connectivity index is 4.43. The lowest BCUT2D eigenvalue weighted by atomic mass is 10.0. The van der Waals surface area contributed by atoms with Crippen molar-refractivity contribution < 1.29 is 13.3 Å². The quantitative estimate of drug-likeness (QED) is 0.0855. The van der Waals surface area contributed by atoms with Crippen molar-refractivity contribution in [3.63, 3.8) is 0 Å². The van der Waals surface area contributed by atoms with Gasteiger partial charge >= 0.3 is 0 Å². The summed E-state index contributed by atoms with van der Waals surface area (Å²) >= 11 is 0. The molecule has 0 aliphatic heterocycles. The van der Waals surface area contributed by atoms with Gasteiger partial charge < -0.3 is 19.0 Å². The van der Waals surface area contributed by atoms with E-state index in [0.29, 0.717) is 0 Å². The van der Waals surface area contributed by atoms with Crippen LogP contribution in [0.2, 0.25) is 58.9 Å². The second-order valence-corrected chi connectivity index (χ2v) is 26.5. The second-order valence-electron chi connectivity index (χ2n) is 13.2. The molecule has 0 saturated heterocycles. The Morgan fingerprint density at radius 3 is 1.03 bits per heavy atom. The molecule has 0 amide bonds. The predicted octanol–water partition coefficient (Wildman–Crippen LogP) is 9.39. The highest BCUT2D eigenvalue weighted by Gasteiger charge is 2.49. The van der Waals surface area contributed by atoms with Crippen molar-refractivity contribution in [1.29, 1.82) is 0 Å². The van der Waals surface area contributed by atoms with E-state index in [-0.39, 0.29) is 6.04 Å². The maximum Gasteiger partial charge on any atom is 0.270 e. The molecule has 0 saturated carbocycles. The molecule has 0 rings (SSSR count). The van der Waals surface area contributed by atoms with Gasteiger partial charge in [-0.05, 0) is 65.3 Å².